The van der Waals surface area contributed by atoms with Crippen LogP contribution in [-0.2, 0) is 4.74 Å². The summed E-state index contributed by atoms with van der Waals surface area (Å²) in [6.07, 6.45) is 4.89. The van der Waals surface area contributed by atoms with Gasteiger partial charge >= 0.3 is 12.0 Å². The van der Waals surface area contributed by atoms with Crippen LogP contribution in [0.4, 0.5) is 10.6 Å². The first-order chi connectivity index (χ1) is 15.2. The van der Waals surface area contributed by atoms with Gasteiger partial charge in [-0.15, -0.1) is 0 Å². The number of anilines is 1. The molecule has 0 radical (unpaired) electrons. The van der Waals surface area contributed by atoms with Crippen LogP contribution in [0, 0.1) is 0 Å². The average molecular weight is 419 g/mol. The Morgan fingerprint density at radius 2 is 1.87 bits per heavy atom. The van der Waals surface area contributed by atoms with Gasteiger partial charge in [-0.1, -0.05) is 30.3 Å². The van der Waals surface area contributed by atoms with Crippen LogP contribution in [0.25, 0.3) is 22.2 Å². The number of fused-ring (bicyclic) bond motifs is 1. The molecule has 10 heteroatoms. The number of aromatic nitrogens is 5. The summed E-state index contributed by atoms with van der Waals surface area (Å²) in [7, 11) is 3.10. The molecular formula is C21H21N7O3. The molecule has 4 aromatic rings. The maximum Gasteiger partial charge on any atom is 0.320 e. The molecule has 31 heavy (non-hydrogen) atoms. The predicted molar refractivity (Wildman–Crippen MR) is 115 cm³/mol. The number of amides is 2. The molecule has 0 aliphatic rings. The molecule has 0 unspecified atom stereocenters. The zero-order valence-electron chi connectivity index (χ0n) is 17.0. The zero-order valence-corrected chi connectivity index (χ0v) is 17.0. The second kappa shape index (κ2) is 9.18. The van der Waals surface area contributed by atoms with Crippen molar-refractivity contribution in [3.63, 3.8) is 0 Å². The second-order valence-electron chi connectivity index (χ2n) is 6.66. The molecule has 2 amide bonds. The van der Waals surface area contributed by atoms with Crippen molar-refractivity contribution in [3.05, 3.63) is 60.6 Å². The molecule has 0 aliphatic carbocycles. The third-order valence-electron chi connectivity index (χ3n) is 4.61. The summed E-state index contributed by atoms with van der Waals surface area (Å²) in [5.41, 5.74) is 3.04. The Balaban J connectivity index is 1.49. The summed E-state index contributed by atoms with van der Waals surface area (Å²) in [5, 5.41) is 13.7. The number of methoxy groups -OCH3 is 2. The molecule has 3 aromatic heterocycles. The highest BCUT2D eigenvalue weighted by Crippen LogP contribution is 2.26. The SMILES string of the molecule is COC[C@@H](NC(=O)Nc1cc2[nH]nc(-c3cnc(OC)nc3)c2cn1)c1ccccc1. The van der Waals surface area contributed by atoms with Crippen LogP contribution in [0.15, 0.2) is 55.0 Å². The van der Waals surface area contributed by atoms with Crippen LogP contribution in [-0.4, -0.2) is 52.0 Å². The lowest BCUT2D eigenvalue weighted by molar-refractivity contribution is 0.168. The summed E-state index contributed by atoms with van der Waals surface area (Å²) in [6, 6.07) is 10.9. The molecule has 158 valence electrons. The van der Waals surface area contributed by atoms with Crippen molar-refractivity contribution in [2.24, 2.45) is 0 Å². The largest absolute Gasteiger partial charge is 0.467 e. The van der Waals surface area contributed by atoms with Gasteiger partial charge in [0.25, 0.3) is 0 Å². The van der Waals surface area contributed by atoms with Crippen LogP contribution in [0.2, 0.25) is 0 Å². The fourth-order valence-corrected chi connectivity index (χ4v) is 3.13. The zero-order chi connectivity index (χ0) is 21.6. The van der Waals surface area contributed by atoms with E-state index in [4.69, 9.17) is 9.47 Å². The van der Waals surface area contributed by atoms with Gasteiger partial charge in [-0.2, -0.15) is 5.10 Å². The standard InChI is InChI=1S/C21H21N7O3/c1-30-12-17(13-6-4-3-5-7-13)25-20(29)26-18-8-16-15(11-22-18)19(28-27-16)14-9-23-21(31-2)24-10-14/h3-11,17H,12H2,1-2H3,(H,27,28)(H2,22,25,26,29)/t17-/m1/s1. The van der Waals surface area contributed by atoms with Crippen molar-refractivity contribution in [1.29, 1.82) is 0 Å². The van der Waals surface area contributed by atoms with Crippen molar-refractivity contribution in [2.75, 3.05) is 26.1 Å². The molecule has 4 rings (SSSR count). The van der Waals surface area contributed by atoms with Crippen LogP contribution in [0.5, 0.6) is 6.01 Å². The summed E-state index contributed by atoms with van der Waals surface area (Å²) in [5.74, 6) is 0.385. The number of nitrogens with zero attached hydrogens (tertiary/aromatic N) is 4. The summed E-state index contributed by atoms with van der Waals surface area (Å²) >= 11 is 0. The first kappa shape index (κ1) is 20.2. The van der Waals surface area contributed by atoms with Crippen LogP contribution in [0.3, 0.4) is 0 Å². The molecule has 0 fully saturated rings. The first-order valence-electron chi connectivity index (χ1n) is 9.50. The van der Waals surface area contributed by atoms with Crippen molar-refractivity contribution in [3.8, 4) is 17.3 Å². The summed E-state index contributed by atoms with van der Waals surface area (Å²) in [6.45, 7) is 0.345. The topological polar surface area (TPSA) is 127 Å². The minimum absolute atomic E-state index is 0.279. The molecule has 0 saturated heterocycles. The highest BCUT2D eigenvalue weighted by Gasteiger charge is 2.16. The lowest BCUT2D eigenvalue weighted by atomic mass is 10.1. The van der Waals surface area contributed by atoms with E-state index >= 15 is 0 Å². The monoisotopic (exact) mass is 419 g/mol. The number of hydrogen-bond acceptors (Lipinski definition) is 7. The minimum atomic E-state index is -0.388. The maximum absolute atomic E-state index is 12.5. The first-order valence-corrected chi connectivity index (χ1v) is 9.50. The van der Waals surface area contributed by atoms with E-state index in [1.165, 1.54) is 7.11 Å². The molecule has 1 atom stereocenters. The van der Waals surface area contributed by atoms with E-state index in [0.717, 1.165) is 16.5 Å². The number of nitrogens with one attached hydrogen (secondary N) is 3. The highest BCUT2D eigenvalue weighted by molar-refractivity contribution is 5.95. The number of rotatable bonds is 7. The lowest BCUT2D eigenvalue weighted by Gasteiger charge is -2.18. The van der Waals surface area contributed by atoms with Gasteiger partial charge in [0.2, 0.25) is 0 Å². The van der Waals surface area contributed by atoms with E-state index in [0.29, 0.717) is 23.6 Å². The van der Waals surface area contributed by atoms with Gasteiger partial charge in [-0.05, 0) is 5.56 Å². The van der Waals surface area contributed by atoms with Gasteiger partial charge < -0.3 is 14.8 Å². The number of urea groups is 1. The number of hydrogen-bond donors (Lipinski definition) is 3. The van der Waals surface area contributed by atoms with E-state index in [1.54, 1.807) is 31.8 Å². The Bertz CT molecular complexity index is 1160. The normalized spacial score (nSPS) is 11.8. The fraction of sp³-hybridized carbons (Fsp3) is 0.190. The van der Waals surface area contributed by atoms with Gasteiger partial charge in [-0.25, -0.2) is 19.7 Å². The van der Waals surface area contributed by atoms with Gasteiger partial charge in [0, 0.05) is 42.7 Å². The second-order valence-corrected chi connectivity index (χ2v) is 6.66. The number of pyridine rings is 1. The molecule has 3 heterocycles. The van der Waals surface area contributed by atoms with Crippen LogP contribution in [0.1, 0.15) is 11.6 Å². The lowest BCUT2D eigenvalue weighted by Crippen LogP contribution is -2.35. The quantitative estimate of drug-likeness (QED) is 0.420. The van der Waals surface area contributed by atoms with Crippen LogP contribution < -0.4 is 15.4 Å². The predicted octanol–water partition coefficient (Wildman–Crippen LogP) is 2.93. The molecular weight excluding hydrogens is 398 g/mol. The van der Waals surface area contributed by atoms with E-state index in [1.807, 2.05) is 30.3 Å². The van der Waals surface area contributed by atoms with Gasteiger partial charge in [0.15, 0.2) is 0 Å². The van der Waals surface area contributed by atoms with E-state index < -0.39 is 0 Å². The molecule has 0 saturated carbocycles. The maximum atomic E-state index is 12.5. The van der Waals surface area contributed by atoms with Gasteiger partial charge in [0.1, 0.15) is 11.5 Å². The summed E-state index contributed by atoms with van der Waals surface area (Å²) in [4.78, 5) is 25.1. The van der Waals surface area contributed by atoms with Gasteiger partial charge in [0.05, 0.1) is 25.3 Å². The van der Waals surface area contributed by atoms with Crippen molar-refractivity contribution < 1.29 is 14.3 Å². The van der Waals surface area contributed by atoms with Crippen LogP contribution >= 0.6 is 0 Å². The van der Waals surface area contributed by atoms with Crippen molar-refractivity contribution in [2.45, 2.75) is 6.04 Å². The molecule has 10 nitrogen and oxygen atoms in total. The fourth-order valence-electron chi connectivity index (χ4n) is 3.13. The van der Waals surface area contributed by atoms with Crippen molar-refractivity contribution in [1.82, 2.24) is 30.5 Å². The Labute approximate surface area is 178 Å². The molecule has 1 aromatic carbocycles. The molecule has 0 aliphatic heterocycles. The van der Waals surface area contributed by atoms with Crippen molar-refractivity contribution >= 4 is 22.8 Å². The number of carbonyl (C=O) groups excluding carboxylic acids is 1. The Hall–Kier alpha value is -4.05. The Morgan fingerprint density at radius 3 is 2.58 bits per heavy atom. The number of aromatic amines is 1. The third-order valence-corrected chi connectivity index (χ3v) is 4.61. The number of H-pyrrole nitrogens is 1. The van der Waals surface area contributed by atoms with Gasteiger partial charge in [-0.3, -0.25) is 10.4 Å². The minimum Gasteiger partial charge on any atom is -0.467 e. The number of ether oxygens (including phenoxy) is 2. The summed E-state index contributed by atoms with van der Waals surface area (Å²) < 4.78 is 10.2. The van der Waals surface area contributed by atoms with E-state index in [2.05, 4.69) is 35.8 Å². The Morgan fingerprint density at radius 1 is 1.10 bits per heavy atom. The highest BCUT2D eigenvalue weighted by atomic mass is 16.5. The number of carbonyl (C=O) groups is 1. The molecule has 0 spiro atoms. The smallest absolute Gasteiger partial charge is 0.320 e. The third kappa shape index (κ3) is 4.59. The average Bonchev–Trinajstić information content (AvgIpc) is 3.22. The molecule has 0 bridgehead atoms. The Kier molecular flexibility index (Phi) is 5.99. The van der Waals surface area contributed by atoms with E-state index in [-0.39, 0.29) is 18.1 Å². The number of benzene rings is 1. The molecule has 3 N–H and O–H groups in total. The van der Waals surface area contributed by atoms with E-state index in [9.17, 15) is 4.79 Å².